The zero-order chi connectivity index (χ0) is 10.4. The van der Waals surface area contributed by atoms with Gasteiger partial charge in [0, 0.05) is 12.2 Å². The molecule has 0 unspecified atom stereocenters. The molecule has 0 radical (unpaired) electrons. The number of hydrogen-bond acceptors (Lipinski definition) is 2. The van der Waals surface area contributed by atoms with Crippen LogP contribution < -0.4 is 11.1 Å². The zero-order valence-electron chi connectivity index (χ0n) is 9.09. The predicted molar refractivity (Wildman–Crippen MR) is 62.7 cm³/mol. The summed E-state index contributed by atoms with van der Waals surface area (Å²) in [6.07, 6.45) is 1.02. The van der Waals surface area contributed by atoms with Gasteiger partial charge in [-0.3, -0.25) is 0 Å². The fourth-order valence-electron chi connectivity index (χ4n) is 1.32. The van der Waals surface area contributed by atoms with Crippen LogP contribution in [0.2, 0.25) is 0 Å². The van der Waals surface area contributed by atoms with Crippen LogP contribution in [-0.2, 0) is 0 Å². The van der Waals surface area contributed by atoms with E-state index in [4.69, 9.17) is 5.73 Å². The largest absolute Gasteiger partial charge is 0.385 e. The van der Waals surface area contributed by atoms with Gasteiger partial charge in [-0.05, 0) is 36.6 Å². The molecule has 1 rings (SSSR count). The summed E-state index contributed by atoms with van der Waals surface area (Å²) in [6.45, 7) is 6.11. The third kappa shape index (κ3) is 3.38. The van der Waals surface area contributed by atoms with E-state index in [2.05, 4.69) is 43.4 Å². The highest BCUT2D eigenvalue weighted by atomic mass is 14.9. The molecule has 2 nitrogen and oxygen atoms in total. The van der Waals surface area contributed by atoms with E-state index in [1.165, 1.54) is 11.3 Å². The van der Waals surface area contributed by atoms with Crippen molar-refractivity contribution in [3.63, 3.8) is 0 Å². The topological polar surface area (TPSA) is 38.0 Å². The van der Waals surface area contributed by atoms with E-state index in [-0.39, 0.29) is 0 Å². The highest BCUT2D eigenvalue weighted by Gasteiger charge is 1.97. The van der Waals surface area contributed by atoms with Gasteiger partial charge in [0.05, 0.1) is 0 Å². The number of benzene rings is 1. The van der Waals surface area contributed by atoms with Crippen molar-refractivity contribution in [3.05, 3.63) is 29.8 Å². The van der Waals surface area contributed by atoms with Gasteiger partial charge in [-0.2, -0.15) is 0 Å². The molecule has 1 aromatic carbocycles. The molecule has 0 saturated heterocycles. The van der Waals surface area contributed by atoms with Crippen molar-refractivity contribution in [2.45, 2.75) is 26.2 Å². The molecule has 3 N–H and O–H groups in total. The van der Waals surface area contributed by atoms with Crippen LogP contribution in [0.4, 0.5) is 5.69 Å². The first-order chi connectivity index (χ1) is 6.74. The number of nitrogens with two attached hydrogens (primary N) is 1. The fourth-order valence-corrected chi connectivity index (χ4v) is 1.32. The first-order valence-corrected chi connectivity index (χ1v) is 5.28. The third-order valence-corrected chi connectivity index (χ3v) is 2.29. The van der Waals surface area contributed by atoms with Gasteiger partial charge in [0.25, 0.3) is 0 Å². The first kappa shape index (κ1) is 11.1. The molecule has 1 aromatic rings. The summed E-state index contributed by atoms with van der Waals surface area (Å²) >= 11 is 0. The Morgan fingerprint density at radius 2 is 1.86 bits per heavy atom. The SMILES string of the molecule is CC(C)c1ccc(NCCCN)cc1. The number of rotatable bonds is 5. The van der Waals surface area contributed by atoms with Crippen LogP contribution in [0.3, 0.4) is 0 Å². The molecular formula is C12H20N2. The van der Waals surface area contributed by atoms with E-state index in [1.54, 1.807) is 0 Å². The van der Waals surface area contributed by atoms with Crippen molar-refractivity contribution < 1.29 is 0 Å². The fraction of sp³-hybridized carbons (Fsp3) is 0.500. The Hall–Kier alpha value is -1.02. The van der Waals surface area contributed by atoms with Gasteiger partial charge >= 0.3 is 0 Å². The Labute approximate surface area is 86.5 Å². The van der Waals surface area contributed by atoms with Crippen LogP contribution in [0, 0.1) is 0 Å². The number of hydrogen-bond donors (Lipinski definition) is 2. The lowest BCUT2D eigenvalue weighted by Gasteiger charge is -2.08. The summed E-state index contributed by atoms with van der Waals surface area (Å²) in [7, 11) is 0. The maximum Gasteiger partial charge on any atom is 0.0340 e. The molecule has 14 heavy (non-hydrogen) atoms. The van der Waals surface area contributed by atoms with Crippen molar-refractivity contribution in [3.8, 4) is 0 Å². The predicted octanol–water partition coefficient (Wildman–Crippen LogP) is 2.57. The van der Waals surface area contributed by atoms with E-state index in [0.29, 0.717) is 5.92 Å². The minimum Gasteiger partial charge on any atom is -0.385 e. The summed E-state index contributed by atoms with van der Waals surface area (Å²) in [5.41, 5.74) is 7.98. The van der Waals surface area contributed by atoms with Crippen LogP contribution in [0.15, 0.2) is 24.3 Å². The van der Waals surface area contributed by atoms with Crippen LogP contribution in [0.25, 0.3) is 0 Å². The highest BCUT2D eigenvalue weighted by Crippen LogP contribution is 2.16. The first-order valence-electron chi connectivity index (χ1n) is 5.28. The molecule has 0 spiro atoms. The molecular weight excluding hydrogens is 172 g/mol. The van der Waals surface area contributed by atoms with Gasteiger partial charge in [0.1, 0.15) is 0 Å². The Morgan fingerprint density at radius 3 is 2.36 bits per heavy atom. The van der Waals surface area contributed by atoms with Crippen molar-refractivity contribution in [1.82, 2.24) is 0 Å². The Kier molecular flexibility index (Phi) is 4.47. The van der Waals surface area contributed by atoms with Crippen molar-refractivity contribution in [1.29, 1.82) is 0 Å². The average molecular weight is 192 g/mol. The van der Waals surface area contributed by atoms with Gasteiger partial charge in [-0.15, -0.1) is 0 Å². The molecule has 0 heterocycles. The lowest BCUT2D eigenvalue weighted by atomic mass is 10.0. The van der Waals surface area contributed by atoms with E-state index < -0.39 is 0 Å². The van der Waals surface area contributed by atoms with Crippen molar-refractivity contribution >= 4 is 5.69 Å². The maximum absolute atomic E-state index is 5.42. The van der Waals surface area contributed by atoms with Gasteiger partial charge in [-0.25, -0.2) is 0 Å². The quantitative estimate of drug-likeness (QED) is 0.704. The van der Waals surface area contributed by atoms with E-state index in [9.17, 15) is 0 Å². The number of nitrogens with one attached hydrogen (secondary N) is 1. The van der Waals surface area contributed by atoms with E-state index in [1.807, 2.05) is 0 Å². The standard InChI is InChI=1S/C12H20N2/c1-10(2)11-4-6-12(7-5-11)14-9-3-8-13/h4-7,10,14H,3,8-9,13H2,1-2H3. The summed E-state index contributed by atoms with van der Waals surface area (Å²) in [5, 5.41) is 3.33. The van der Waals surface area contributed by atoms with Crippen LogP contribution in [0.1, 0.15) is 31.7 Å². The summed E-state index contributed by atoms with van der Waals surface area (Å²) in [6, 6.07) is 8.61. The van der Waals surface area contributed by atoms with Gasteiger partial charge in [0.15, 0.2) is 0 Å². The molecule has 0 aromatic heterocycles. The second kappa shape index (κ2) is 5.66. The monoisotopic (exact) mass is 192 g/mol. The highest BCUT2D eigenvalue weighted by molar-refractivity contribution is 5.44. The Balaban J connectivity index is 2.47. The summed E-state index contributed by atoms with van der Waals surface area (Å²) in [5.74, 6) is 0.605. The molecule has 0 amide bonds. The minimum atomic E-state index is 0.605. The van der Waals surface area contributed by atoms with E-state index >= 15 is 0 Å². The summed E-state index contributed by atoms with van der Waals surface area (Å²) in [4.78, 5) is 0. The Bertz CT molecular complexity index is 252. The van der Waals surface area contributed by atoms with Crippen LogP contribution in [0.5, 0.6) is 0 Å². The summed E-state index contributed by atoms with van der Waals surface area (Å²) < 4.78 is 0. The van der Waals surface area contributed by atoms with E-state index in [0.717, 1.165) is 19.5 Å². The van der Waals surface area contributed by atoms with Gasteiger partial charge < -0.3 is 11.1 Å². The Morgan fingerprint density at radius 1 is 1.21 bits per heavy atom. The molecule has 0 fully saturated rings. The van der Waals surface area contributed by atoms with Gasteiger partial charge in [-0.1, -0.05) is 26.0 Å². The van der Waals surface area contributed by atoms with Crippen molar-refractivity contribution in [2.75, 3.05) is 18.4 Å². The second-order valence-electron chi connectivity index (χ2n) is 3.85. The molecule has 78 valence electrons. The minimum absolute atomic E-state index is 0.605. The lowest BCUT2D eigenvalue weighted by Crippen LogP contribution is -2.08. The molecule has 0 atom stereocenters. The van der Waals surface area contributed by atoms with Crippen LogP contribution in [-0.4, -0.2) is 13.1 Å². The van der Waals surface area contributed by atoms with Crippen LogP contribution >= 0.6 is 0 Å². The van der Waals surface area contributed by atoms with Crippen molar-refractivity contribution in [2.24, 2.45) is 5.73 Å². The van der Waals surface area contributed by atoms with Gasteiger partial charge in [0.2, 0.25) is 0 Å². The number of anilines is 1. The second-order valence-corrected chi connectivity index (χ2v) is 3.85. The molecule has 0 aliphatic heterocycles. The molecule has 0 saturated carbocycles. The third-order valence-electron chi connectivity index (χ3n) is 2.29. The molecule has 2 heteroatoms. The normalized spacial score (nSPS) is 10.6. The molecule has 0 aliphatic rings. The molecule has 0 bridgehead atoms. The average Bonchev–Trinajstić information content (AvgIpc) is 2.19. The lowest BCUT2D eigenvalue weighted by molar-refractivity contribution is 0.863. The zero-order valence-corrected chi connectivity index (χ0v) is 9.09. The maximum atomic E-state index is 5.42. The smallest absolute Gasteiger partial charge is 0.0340 e. The molecule has 0 aliphatic carbocycles.